The number of carbonyl (C=O) groups excluding carboxylic acids is 1. The van der Waals surface area contributed by atoms with Crippen LogP contribution < -0.4 is 15.0 Å². The number of amides is 1. The number of pyridine rings is 1. The maximum absolute atomic E-state index is 15.1. The summed E-state index contributed by atoms with van der Waals surface area (Å²) in [4.78, 5) is 21.2. The Morgan fingerprint density at radius 3 is 2.59 bits per heavy atom. The van der Waals surface area contributed by atoms with Crippen molar-refractivity contribution >= 4 is 22.8 Å². The number of H-pyrrole nitrogens is 1. The van der Waals surface area contributed by atoms with Gasteiger partial charge in [0.15, 0.2) is 24.4 Å². The molecule has 0 aliphatic carbocycles. The van der Waals surface area contributed by atoms with E-state index in [0.717, 1.165) is 5.69 Å². The number of hydrogen-bond donors (Lipinski definition) is 3. The van der Waals surface area contributed by atoms with Gasteiger partial charge in [0.2, 0.25) is 0 Å². The topological polar surface area (TPSA) is 118 Å². The van der Waals surface area contributed by atoms with E-state index in [0.29, 0.717) is 48.4 Å². The molecule has 3 aromatic rings. The predicted octanol–water partition coefficient (Wildman–Crippen LogP) is 3.53. The number of rotatable bonds is 6. The lowest BCUT2D eigenvalue weighted by atomic mass is 10.0. The summed E-state index contributed by atoms with van der Waals surface area (Å²) in [6.07, 6.45) is -6.47. The number of piperidine rings is 1. The lowest BCUT2D eigenvalue weighted by molar-refractivity contribution is -0.160. The molecule has 0 bridgehead atoms. The molecule has 0 radical (unpaired) electrons. The van der Waals surface area contributed by atoms with Crippen molar-refractivity contribution in [3.8, 4) is 17.1 Å². The maximum Gasteiger partial charge on any atom is 0.422 e. The number of benzene rings is 1. The van der Waals surface area contributed by atoms with Crippen molar-refractivity contribution in [2.24, 2.45) is 0 Å². The van der Waals surface area contributed by atoms with Gasteiger partial charge in [0.05, 0.1) is 24.2 Å². The number of nitrogens with one attached hydrogen (secondary N) is 2. The summed E-state index contributed by atoms with van der Waals surface area (Å²) in [5, 5.41) is 12.4. The average molecular weight is 581 g/mol. The number of aromatic amines is 1. The molecule has 3 aliphatic rings. The SMILES string of the molecule is O=C(NC1CCN(c2ccc(-c3nc4cc(O[C@@H]5CO[C@H]6[C@@H]5OC[C@H]6O)[nH]c4cc3F)cc2)CC1)OCC(F)(F)F. The first-order valence-corrected chi connectivity index (χ1v) is 13.3. The molecule has 4 atom stereocenters. The number of hydrogen-bond acceptors (Lipinski definition) is 8. The maximum atomic E-state index is 15.1. The van der Waals surface area contributed by atoms with Gasteiger partial charge in [0.25, 0.3) is 0 Å². The summed E-state index contributed by atoms with van der Waals surface area (Å²) in [5.41, 5.74) is 2.65. The van der Waals surface area contributed by atoms with Crippen molar-refractivity contribution in [3.63, 3.8) is 0 Å². The Bertz CT molecular complexity index is 1390. The molecular formula is C27H28F4N4O6. The van der Waals surface area contributed by atoms with E-state index in [1.54, 1.807) is 18.2 Å². The Morgan fingerprint density at radius 2 is 1.85 bits per heavy atom. The minimum absolute atomic E-state index is 0.182. The summed E-state index contributed by atoms with van der Waals surface area (Å²) < 4.78 is 73.1. The quantitative estimate of drug-likeness (QED) is 0.379. The van der Waals surface area contributed by atoms with Crippen molar-refractivity contribution in [2.75, 3.05) is 37.8 Å². The third kappa shape index (κ3) is 6.04. The smallest absolute Gasteiger partial charge is 0.422 e. The lowest BCUT2D eigenvalue weighted by Crippen LogP contribution is -2.45. The highest BCUT2D eigenvalue weighted by Gasteiger charge is 2.48. The van der Waals surface area contributed by atoms with Crippen molar-refractivity contribution in [2.45, 2.75) is 49.5 Å². The number of ether oxygens (including phenoxy) is 4. The molecule has 0 saturated carbocycles. The number of carbonyl (C=O) groups is 1. The summed E-state index contributed by atoms with van der Waals surface area (Å²) in [5.74, 6) is -0.111. The van der Waals surface area contributed by atoms with Crippen LogP contribution in [0, 0.1) is 5.82 Å². The molecule has 0 spiro atoms. The van der Waals surface area contributed by atoms with Gasteiger partial charge in [-0.05, 0) is 25.0 Å². The van der Waals surface area contributed by atoms with Crippen LogP contribution in [0.1, 0.15) is 12.8 Å². The number of nitrogens with zero attached hydrogens (tertiary/aromatic N) is 2. The van der Waals surface area contributed by atoms with Gasteiger partial charge >= 0.3 is 12.3 Å². The van der Waals surface area contributed by atoms with Gasteiger partial charge in [-0.2, -0.15) is 13.2 Å². The largest absolute Gasteiger partial charge is 0.470 e. The number of alkyl halides is 3. The molecule has 3 aliphatic heterocycles. The monoisotopic (exact) mass is 580 g/mol. The molecule has 14 heteroatoms. The van der Waals surface area contributed by atoms with Gasteiger partial charge in [0, 0.05) is 42.5 Å². The van der Waals surface area contributed by atoms with Crippen molar-refractivity contribution in [1.29, 1.82) is 0 Å². The Balaban J connectivity index is 1.07. The minimum atomic E-state index is -4.57. The number of alkyl carbamates (subject to hydrolysis) is 1. The van der Waals surface area contributed by atoms with E-state index in [2.05, 4.69) is 24.9 Å². The molecule has 3 fully saturated rings. The van der Waals surface area contributed by atoms with Gasteiger partial charge in [-0.3, -0.25) is 0 Å². The Hall–Kier alpha value is -3.62. The van der Waals surface area contributed by atoms with E-state index in [9.17, 15) is 23.1 Å². The summed E-state index contributed by atoms with van der Waals surface area (Å²) in [6, 6.07) is 10.0. The van der Waals surface area contributed by atoms with Crippen LogP contribution in [0.4, 0.5) is 28.0 Å². The summed E-state index contributed by atoms with van der Waals surface area (Å²) in [6.45, 7) is -0.0119. The van der Waals surface area contributed by atoms with Crippen LogP contribution in [-0.4, -0.2) is 90.7 Å². The number of aromatic nitrogens is 2. The fourth-order valence-electron chi connectivity index (χ4n) is 5.45. The van der Waals surface area contributed by atoms with E-state index >= 15 is 4.39 Å². The van der Waals surface area contributed by atoms with Crippen LogP contribution in [-0.2, 0) is 14.2 Å². The van der Waals surface area contributed by atoms with Gasteiger partial charge in [0.1, 0.15) is 24.0 Å². The van der Waals surface area contributed by atoms with Gasteiger partial charge < -0.3 is 39.3 Å². The second-order valence-electron chi connectivity index (χ2n) is 10.3. The standard InChI is InChI=1S/C27H28F4N4O6/c28-17-9-18-19(10-22(33-18)41-21-12-39-24-20(36)11-38-25(21)24)34-23(17)14-1-3-16(4-2-14)35-7-5-15(6-8-35)32-26(37)40-13-27(29,30)31/h1-4,9-10,15,20-21,24-25,33,36H,5-8,11-13H2,(H,32,37)/t20-,21-,24-,25-/m1/s1. The highest BCUT2D eigenvalue weighted by Crippen LogP contribution is 2.32. The van der Waals surface area contributed by atoms with Gasteiger partial charge in [-0.25, -0.2) is 14.2 Å². The van der Waals surface area contributed by atoms with E-state index < -0.39 is 43.0 Å². The Kier molecular flexibility index (Phi) is 7.38. The van der Waals surface area contributed by atoms with Crippen LogP contribution in [0.3, 0.4) is 0 Å². The first kappa shape index (κ1) is 27.5. The number of anilines is 1. The van der Waals surface area contributed by atoms with Crippen LogP contribution in [0.25, 0.3) is 22.3 Å². The molecule has 3 saturated heterocycles. The van der Waals surface area contributed by atoms with Gasteiger partial charge in [-0.1, -0.05) is 12.1 Å². The van der Waals surface area contributed by atoms with E-state index in [4.69, 9.17) is 14.2 Å². The average Bonchev–Trinajstić information content (AvgIpc) is 3.64. The predicted molar refractivity (Wildman–Crippen MR) is 137 cm³/mol. The highest BCUT2D eigenvalue weighted by atomic mass is 19.4. The molecule has 1 amide bonds. The molecule has 2 aromatic heterocycles. The van der Waals surface area contributed by atoms with E-state index in [1.807, 2.05) is 12.1 Å². The zero-order valence-corrected chi connectivity index (χ0v) is 21.7. The van der Waals surface area contributed by atoms with Crippen LogP contribution >= 0.6 is 0 Å². The van der Waals surface area contributed by atoms with Crippen molar-refractivity contribution < 1.29 is 46.4 Å². The molecular weight excluding hydrogens is 552 g/mol. The van der Waals surface area contributed by atoms with E-state index in [1.165, 1.54) is 6.07 Å². The zero-order valence-electron chi connectivity index (χ0n) is 21.7. The molecule has 3 N–H and O–H groups in total. The number of halogens is 4. The molecule has 1 aromatic carbocycles. The minimum Gasteiger partial charge on any atom is -0.470 e. The normalized spacial score (nSPS) is 25.0. The third-order valence-corrected chi connectivity index (χ3v) is 7.48. The summed E-state index contributed by atoms with van der Waals surface area (Å²) in [7, 11) is 0. The van der Waals surface area contributed by atoms with Gasteiger partial charge in [-0.15, -0.1) is 0 Å². The first-order chi connectivity index (χ1) is 19.6. The molecule has 10 nitrogen and oxygen atoms in total. The Labute approximate surface area is 231 Å². The number of aliphatic hydroxyl groups is 1. The van der Waals surface area contributed by atoms with Crippen LogP contribution in [0.5, 0.6) is 5.88 Å². The lowest BCUT2D eigenvalue weighted by Gasteiger charge is -2.33. The fraction of sp³-hybridized carbons (Fsp3) is 0.481. The molecule has 220 valence electrons. The second kappa shape index (κ2) is 11.0. The Morgan fingerprint density at radius 1 is 1.12 bits per heavy atom. The third-order valence-electron chi connectivity index (χ3n) is 7.48. The zero-order chi connectivity index (χ0) is 28.7. The highest BCUT2D eigenvalue weighted by molar-refractivity contribution is 5.81. The molecule has 41 heavy (non-hydrogen) atoms. The van der Waals surface area contributed by atoms with Crippen LogP contribution in [0.2, 0.25) is 0 Å². The number of aliphatic hydroxyl groups excluding tert-OH is 1. The number of fused-ring (bicyclic) bond motifs is 2. The summed E-state index contributed by atoms with van der Waals surface area (Å²) >= 11 is 0. The van der Waals surface area contributed by atoms with Crippen molar-refractivity contribution in [3.05, 3.63) is 42.2 Å². The molecule has 0 unspecified atom stereocenters. The second-order valence-corrected chi connectivity index (χ2v) is 10.3. The molecule has 5 heterocycles. The van der Waals surface area contributed by atoms with Crippen LogP contribution in [0.15, 0.2) is 36.4 Å². The fourth-order valence-corrected chi connectivity index (χ4v) is 5.45. The van der Waals surface area contributed by atoms with Crippen molar-refractivity contribution in [1.82, 2.24) is 15.3 Å². The van der Waals surface area contributed by atoms with E-state index in [-0.39, 0.29) is 31.1 Å². The molecule has 6 rings (SSSR count). The first-order valence-electron chi connectivity index (χ1n) is 13.3.